The fraction of sp³-hybridized carbons (Fsp3) is 0.889. The SMILES string of the molecule is CC1CCCC(C)(C(=O)[O-])C1.CC1CCCC(C)(C(=O)[O-])C1.[Cd+2]. The van der Waals surface area contributed by atoms with Gasteiger partial charge < -0.3 is 19.8 Å². The zero-order chi connectivity index (χ0) is 17.0. The number of hydrogen-bond acceptors (Lipinski definition) is 4. The molecular weight excluding hydrogens is 393 g/mol. The van der Waals surface area contributed by atoms with Crippen molar-refractivity contribution in [2.24, 2.45) is 22.7 Å². The van der Waals surface area contributed by atoms with Crippen LogP contribution in [0.1, 0.15) is 79.1 Å². The van der Waals surface area contributed by atoms with Gasteiger partial charge in [-0.15, -0.1) is 0 Å². The second-order valence-corrected chi connectivity index (χ2v) is 8.10. The van der Waals surface area contributed by atoms with E-state index in [4.69, 9.17) is 0 Å². The van der Waals surface area contributed by atoms with E-state index in [1.165, 1.54) is 12.8 Å². The predicted molar refractivity (Wildman–Crippen MR) is 81.5 cm³/mol. The molecule has 2 aliphatic rings. The molecule has 0 aromatic heterocycles. The standard InChI is InChI=1S/2C9H16O2.Cd/c2*1-7-4-3-5-9(2,6-7)8(10)11;/h2*7H,3-6H2,1-2H3,(H,10,11);/q;;+2/p-2. The topological polar surface area (TPSA) is 80.3 Å². The third kappa shape index (κ3) is 6.71. The third-order valence-corrected chi connectivity index (χ3v) is 5.43. The molecule has 0 saturated heterocycles. The molecule has 4 unspecified atom stereocenters. The van der Waals surface area contributed by atoms with Crippen LogP contribution in [-0.2, 0) is 36.9 Å². The van der Waals surface area contributed by atoms with Crippen molar-refractivity contribution in [1.29, 1.82) is 0 Å². The average molecular weight is 423 g/mol. The van der Waals surface area contributed by atoms with Crippen LogP contribution in [0.25, 0.3) is 0 Å². The Morgan fingerprint density at radius 3 is 1.30 bits per heavy atom. The molecule has 2 rings (SSSR count). The van der Waals surface area contributed by atoms with Gasteiger partial charge in [-0.3, -0.25) is 0 Å². The number of aliphatic carboxylic acids is 2. The summed E-state index contributed by atoms with van der Waals surface area (Å²) in [5.41, 5.74) is -1.09. The number of carboxylic acids is 2. The molecule has 0 heterocycles. The van der Waals surface area contributed by atoms with Crippen LogP contribution in [0, 0.1) is 22.7 Å². The van der Waals surface area contributed by atoms with Crippen LogP contribution in [0.4, 0.5) is 0 Å². The van der Waals surface area contributed by atoms with E-state index in [2.05, 4.69) is 13.8 Å². The maximum absolute atomic E-state index is 10.7. The largest absolute Gasteiger partial charge is 2.00 e. The Kier molecular flexibility index (Phi) is 9.32. The van der Waals surface area contributed by atoms with Gasteiger partial charge in [-0.05, 0) is 37.5 Å². The summed E-state index contributed by atoms with van der Waals surface area (Å²) in [4.78, 5) is 21.4. The molecule has 0 radical (unpaired) electrons. The molecular formula is C18H30CdO4. The molecule has 0 aromatic carbocycles. The minimum Gasteiger partial charge on any atom is -0.550 e. The summed E-state index contributed by atoms with van der Waals surface area (Å²) >= 11 is 0. The number of hydrogen-bond donors (Lipinski definition) is 0. The summed E-state index contributed by atoms with van der Waals surface area (Å²) in [5.74, 6) is -0.647. The summed E-state index contributed by atoms with van der Waals surface area (Å²) in [6, 6.07) is 0. The molecule has 5 heteroatoms. The first-order valence-electron chi connectivity index (χ1n) is 8.52. The van der Waals surface area contributed by atoms with Crippen molar-refractivity contribution in [3.05, 3.63) is 0 Å². The van der Waals surface area contributed by atoms with Crippen LogP contribution < -0.4 is 10.2 Å². The monoisotopic (exact) mass is 424 g/mol. The fourth-order valence-electron chi connectivity index (χ4n) is 4.00. The molecule has 4 atom stereocenters. The van der Waals surface area contributed by atoms with Crippen molar-refractivity contribution in [3.8, 4) is 0 Å². The van der Waals surface area contributed by atoms with Crippen molar-refractivity contribution >= 4 is 11.9 Å². The third-order valence-electron chi connectivity index (χ3n) is 5.43. The molecule has 0 bridgehead atoms. The normalized spacial score (nSPS) is 36.9. The molecule has 2 saturated carbocycles. The van der Waals surface area contributed by atoms with E-state index >= 15 is 0 Å². The van der Waals surface area contributed by atoms with Gasteiger partial charge >= 0.3 is 27.3 Å². The first kappa shape index (κ1) is 22.9. The van der Waals surface area contributed by atoms with Crippen LogP contribution in [0.3, 0.4) is 0 Å². The Morgan fingerprint density at radius 2 is 1.13 bits per heavy atom. The molecule has 0 amide bonds. The van der Waals surface area contributed by atoms with E-state index in [0.717, 1.165) is 38.5 Å². The summed E-state index contributed by atoms with van der Waals surface area (Å²) in [5, 5.41) is 21.4. The summed E-state index contributed by atoms with van der Waals surface area (Å²) in [7, 11) is 0. The molecule has 4 nitrogen and oxygen atoms in total. The quantitative estimate of drug-likeness (QED) is 0.637. The summed E-state index contributed by atoms with van der Waals surface area (Å²) < 4.78 is 0. The zero-order valence-corrected chi connectivity index (χ0v) is 19.2. The van der Waals surface area contributed by atoms with Gasteiger partial charge in [0, 0.05) is 22.8 Å². The van der Waals surface area contributed by atoms with Gasteiger partial charge in [-0.25, -0.2) is 0 Å². The van der Waals surface area contributed by atoms with E-state index in [9.17, 15) is 19.8 Å². The fourth-order valence-corrected chi connectivity index (χ4v) is 4.00. The number of carboxylic acid groups (broad SMARTS) is 2. The van der Waals surface area contributed by atoms with Gasteiger partial charge in [-0.2, -0.15) is 0 Å². The van der Waals surface area contributed by atoms with Crippen LogP contribution >= 0.6 is 0 Å². The molecule has 0 N–H and O–H groups in total. The van der Waals surface area contributed by atoms with E-state index in [0.29, 0.717) is 11.8 Å². The molecule has 0 aromatic rings. The molecule has 0 spiro atoms. The van der Waals surface area contributed by atoms with Gasteiger partial charge in [0.25, 0.3) is 0 Å². The van der Waals surface area contributed by atoms with Crippen molar-refractivity contribution in [1.82, 2.24) is 0 Å². The average Bonchev–Trinajstić information content (AvgIpc) is 2.38. The second kappa shape index (κ2) is 9.37. The van der Waals surface area contributed by atoms with Crippen LogP contribution in [0.5, 0.6) is 0 Å². The van der Waals surface area contributed by atoms with Gasteiger partial charge in [0.1, 0.15) is 0 Å². The van der Waals surface area contributed by atoms with Crippen molar-refractivity contribution in [2.45, 2.75) is 79.1 Å². The zero-order valence-electron chi connectivity index (χ0n) is 15.2. The number of rotatable bonds is 2. The van der Waals surface area contributed by atoms with Crippen LogP contribution in [-0.4, -0.2) is 11.9 Å². The maximum Gasteiger partial charge on any atom is 2.00 e. The Bertz CT molecular complexity index is 374. The van der Waals surface area contributed by atoms with E-state index in [-0.39, 0.29) is 27.3 Å². The Hall–Kier alpha value is -0.138. The minimum absolute atomic E-state index is 0. The number of carbonyl (C=O) groups excluding carboxylic acids is 2. The van der Waals surface area contributed by atoms with Gasteiger partial charge in [0.2, 0.25) is 0 Å². The van der Waals surface area contributed by atoms with Gasteiger partial charge in [0.15, 0.2) is 0 Å². The Morgan fingerprint density at radius 1 is 0.826 bits per heavy atom. The van der Waals surface area contributed by atoms with Crippen LogP contribution in [0.15, 0.2) is 0 Å². The van der Waals surface area contributed by atoms with E-state index in [1.807, 2.05) is 0 Å². The minimum atomic E-state index is -0.871. The van der Waals surface area contributed by atoms with Crippen molar-refractivity contribution in [3.63, 3.8) is 0 Å². The van der Waals surface area contributed by atoms with E-state index in [1.54, 1.807) is 13.8 Å². The number of carbonyl (C=O) groups is 2. The molecule has 2 aliphatic carbocycles. The van der Waals surface area contributed by atoms with Crippen molar-refractivity contribution < 1.29 is 47.1 Å². The van der Waals surface area contributed by atoms with Gasteiger partial charge in [-0.1, -0.05) is 53.4 Å². The van der Waals surface area contributed by atoms with Crippen LogP contribution in [0.2, 0.25) is 0 Å². The Balaban J connectivity index is 0.000000403. The summed E-state index contributed by atoms with van der Waals surface area (Å²) in [6.07, 6.45) is 7.56. The first-order chi connectivity index (χ1) is 10.1. The first-order valence-corrected chi connectivity index (χ1v) is 8.52. The predicted octanol–water partition coefficient (Wildman–Crippen LogP) is 1.90. The summed E-state index contributed by atoms with van der Waals surface area (Å²) in [6.45, 7) is 7.83. The van der Waals surface area contributed by atoms with Crippen molar-refractivity contribution in [2.75, 3.05) is 0 Å². The smallest absolute Gasteiger partial charge is 0.550 e. The Labute approximate surface area is 160 Å². The maximum atomic E-state index is 10.7. The molecule has 128 valence electrons. The van der Waals surface area contributed by atoms with E-state index < -0.39 is 22.8 Å². The van der Waals surface area contributed by atoms with Gasteiger partial charge in [0.05, 0.1) is 0 Å². The molecule has 2 fully saturated rings. The second-order valence-electron chi connectivity index (χ2n) is 8.10. The molecule has 0 aliphatic heterocycles. The molecule has 23 heavy (non-hydrogen) atoms.